The topological polar surface area (TPSA) is 55.8 Å². The van der Waals surface area contributed by atoms with E-state index in [0.29, 0.717) is 18.1 Å². The van der Waals surface area contributed by atoms with E-state index < -0.39 is 11.1 Å². The van der Waals surface area contributed by atoms with Crippen LogP contribution in [0.1, 0.15) is 13.3 Å². The number of methoxy groups -OCH3 is 1. The third-order valence-electron chi connectivity index (χ3n) is 1.80. The van der Waals surface area contributed by atoms with Gasteiger partial charge in [0.2, 0.25) is 0 Å². The zero-order chi connectivity index (χ0) is 11.3. The van der Waals surface area contributed by atoms with E-state index >= 15 is 0 Å². The summed E-state index contributed by atoms with van der Waals surface area (Å²) in [5, 5.41) is 0. The minimum absolute atomic E-state index is 0.239. The van der Waals surface area contributed by atoms with Gasteiger partial charge in [0.25, 0.3) is 0 Å². The van der Waals surface area contributed by atoms with Gasteiger partial charge in [-0.15, -0.1) is 0 Å². The van der Waals surface area contributed by atoms with Gasteiger partial charge in [-0.25, -0.2) is 4.21 Å². The van der Waals surface area contributed by atoms with E-state index in [2.05, 4.69) is 0 Å². The second-order valence-electron chi connectivity index (χ2n) is 2.91. The maximum Gasteiger partial charge on any atom is 0.190 e. The van der Waals surface area contributed by atoms with Gasteiger partial charge in [0.05, 0.1) is 13.7 Å². The molecule has 4 nitrogen and oxygen atoms in total. The van der Waals surface area contributed by atoms with Gasteiger partial charge in [-0.05, 0) is 18.6 Å². The summed E-state index contributed by atoms with van der Waals surface area (Å²) in [5.74, 6) is 0.967. The molecule has 0 aliphatic heterocycles. The summed E-state index contributed by atoms with van der Waals surface area (Å²) < 4.78 is 30.4. The highest BCUT2D eigenvalue weighted by Crippen LogP contribution is 2.26. The van der Waals surface area contributed by atoms with Crippen LogP contribution in [-0.4, -0.2) is 22.5 Å². The minimum Gasteiger partial charge on any atom is -0.497 e. The van der Waals surface area contributed by atoms with Crippen LogP contribution in [0.2, 0.25) is 0 Å². The van der Waals surface area contributed by atoms with Gasteiger partial charge < -0.3 is 14.0 Å². The first-order chi connectivity index (χ1) is 7.19. The van der Waals surface area contributed by atoms with Crippen LogP contribution in [-0.2, 0) is 11.1 Å². The molecule has 0 amide bonds. The second kappa shape index (κ2) is 5.72. The highest BCUT2D eigenvalue weighted by molar-refractivity contribution is 7.79. The summed E-state index contributed by atoms with van der Waals surface area (Å²) >= 11 is -2.06. The average molecular weight is 230 g/mol. The van der Waals surface area contributed by atoms with Crippen molar-refractivity contribution in [3.8, 4) is 11.5 Å². The molecule has 0 bridgehead atoms. The number of benzene rings is 1. The molecule has 0 spiro atoms. The average Bonchev–Trinajstić information content (AvgIpc) is 2.26. The molecule has 1 rings (SSSR count). The van der Waals surface area contributed by atoms with Crippen LogP contribution < -0.4 is 9.47 Å². The lowest BCUT2D eigenvalue weighted by Crippen LogP contribution is -2.00. The van der Waals surface area contributed by atoms with Crippen LogP contribution in [0.15, 0.2) is 23.1 Å². The van der Waals surface area contributed by atoms with Crippen LogP contribution in [0.4, 0.5) is 0 Å². The van der Waals surface area contributed by atoms with Gasteiger partial charge in [0.15, 0.2) is 11.1 Å². The molecule has 0 aliphatic rings. The normalized spacial score (nSPS) is 12.2. The summed E-state index contributed by atoms with van der Waals surface area (Å²) in [6, 6.07) is 4.83. The zero-order valence-electron chi connectivity index (χ0n) is 8.73. The van der Waals surface area contributed by atoms with Gasteiger partial charge in [0, 0.05) is 6.07 Å². The van der Waals surface area contributed by atoms with Gasteiger partial charge in [0.1, 0.15) is 16.4 Å². The predicted molar refractivity (Wildman–Crippen MR) is 57.8 cm³/mol. The van der Waals surface area contributed by atoms with Crippen molar-refractivity contribution in [3.63, 3.8) is 0 Å². The van der Waals surface area contributed by atoms with E-state index in [-0.39, 0.29) is 4.90 Å². The lowest BCUT2D eigenvalue weighted by molar-refractivity contribution is 0.307. The lowest BCUT2D eigenvalue weighted by Gasteiger charge is -2.09. The van der Waals surface area contributed by atoms with Crippen molar-refractivity contribution >= 4 is 11.1 Å². The molecule has 84 valence electrons. The Morgan fingerprint density at radius 3 is 2.73 bits per heavy atom. The van der Waals surface area contributed by atoms with Crippen molar-refractivity contribution in [2.24, 2.45) is 0 Å². The van der Waals surface area contributed by atoms with Gasteiger partial charge in [-0.3, -0.25) is 0 Å². The molecular formula is C10H14O4S. The molecule has 1 atom stereocenters. The molecule has 1 N–H and O–H groups in total. The molecule has 15 heavy (non-hydrogen) atoms. The minimum atomic E-state index is -2.06. The number of hydrogen-bond donors (Lipinski definition) is 1. The fourth-order valence-corrected chi connectivity index (χ4v) is 1.60. The van der Waals surface area contributed by atoms with Crippen molar-refractivity contribution in [1.82, 2.24) is 0 Å². The quantitative estimate of drug-likeness (QED) is 0.787. The molecule has 0 saturated carbocycles. The predicted octanol–water partition coefficient (Wildman–Crippen LogP) is 2.06. The van der Waals surface area contributed by atoms with Crippen LogP contribution in [0.5, 0.6) is 11.5 Å². The maximum absolute atomic E-state index is 11.0. The molecule has 1 unspecified atom stereocenters. The fraction of sp³-hybridized carbons (Fsp3) is 0.400. The molecule has 1 aromatic carbocycles. The molecule has 5 heteroatoms. The Morgan fingerprint density at radius 2 is 2.20 bits per heavy atom. The monoisotopic (exact) mass is 230 g/mol. The van der Waals surface area contributed by atoms with Gasteiger partial charge in [-0.1, -0.05) is 6.92 Å². The number of ether oxygens (including phenoxy) is 2. The Bertz CT molecular complexity index is 351. The van der Waals surface area contributed by atoms with Crippen molar-refractivity contribution in [3.05, 3.63) is 18.2 Å². The molecule has 0 aliphatic carbocycles. The van der Waals surface area contributed by atoms with E-state index in [1.165, 1.54) is 13.2 Å². The first-order valence-corrected chi connectivity index (χ1v) is 5.71. The smallest absolute Gasteiger partial charge is 0.190 e. The SMILES string of the molecule is CCCOc1ccc(OC)cc1S(=O)O. The summed E-state index contributed by atoms with van der Waals surface area (Å²) in [6.45, 7) is 2.50. The highest BCUT2D eigenvalue weighted by Gasteiger charge is 2.10. The first-order valence-electron chi connectivity index (χ1n) is 4.60. The summed E-state index contributed by atoms with van der Waals surface area (Å²) in [7, 11) is 1.51. The standard InChI is InChI=1S/C10H14O4S/c1-3-6-14-9-5-4-8(13-2)7-10(9)15(11)12/h4-5,7H,3,6H2,1-2H3,(H,11,12). The van der Waals surface area contributed by atoms with Crippen LogP contribution in [0.25, 0.3) is 0 Å². The van der Waals surface area contributed by atoms with E-state index in [1.54, 1.807) is 12.1 Å². The maximum atomic E-state index is 11.0. The lowest BCUT2D eigenvalue weighted by atomic mass is 10.3. The third-order valence-corrected chi connectivity index (χ3v) is 2.50. The molecule has 0 saturated heterocycles. The van der Waals surface area contributed by atoms with Crippen molar-refractivity contribution < 1.29 is 18.2 Å². The largest absolute Gasteiger partial charge is 0.497 e. The van der Waals surface area contributed by atoms with Crippen LogP contribution >= 0.6 is 0 Å². The Labute approximate surface area is 91.5 Å². The Morgan fingerprint density at radius 1 is 1.47 bits per heavy atom. The molecule has 0 aromatic heterocycles. The van der Waals surface area contributed by atoms with Gasteiger partial charge >= 0.3 is 0 Å². The second-order valence-corrected chi connectivity index (χ2v) is 3.85. The summed E-state index contributed by atoms with van der Waals surface area (Å²) in [6.07, 6.45) is 0.851. The fourth-order valence-electron chi connectivity index (χ4n) is 1.08. The Kier molecular flexibility index (Phi) is 4.58. The number of rotatable bonds is 5. The van der Waals surface area contributed by atoms with Crippen molar-refractivity contribution in [2.75, 3.05) is 13.7 Å². The zero-order valence-corrected chi connectivity index (χ0v) is 9.54. The van der Waals surface area contributed by atoms with E-state index in [1.807, 2.05) is 6.92 Å². The van der Waals surface area contributed by atoms with Crippen LogP contribution in [0.3, 0.4) is 0 Å². The van der Waals surface area contributed by atoms with Crippen molar-refractivity contribution in [2.45, 2.75) is 18.2 Å². The highest BCUT2D eigenvalue weighted by atomic mass is 32.2. The molecule has 1 aromatic rings. The Balaban J connectivity index is 2.98. The van der Waals surface area contributed by atoms with Crippen molar-refractivity contribution in [1.29, 1.82) is 0 Å². The first kappa shape index (κ1) is 12.0. The molecule has 0 heterocycles. The van der Waals surface area contributed by atoms with E-state index in [0.717, 1.165) is 6.42 Å². The summed E-state index contributed by atoms with van der Waals surface area (Å²) in [5.41, 5.74) is 0. The Hall–Kier alpha value is -1.07. The third kappa shape index (κ3) is 3.21. The molecule has 0 radical (unpaired) electrons. The molecular weight excluding hydrogens is 216 g/mol. The van der Waals surface area contributed by atoms with E-state index in [9.17, 15) is 4.21 Å². The molecule has 0 fully saturated rings. The van der Waals surface area contributed by atoms with E-state index in [4.69, 9.17) is 14.0 Å². The van der Waals surface area contributed by atoms with Gasteiger partial charge in [-0.2, -0.15) is 0 Å². The summed E-state index contributed by atoms with van der Waals surface area (Å²) in [4.78, 5) is 0.239. The number of hydrogen-bond acceptors (Lipinski definition) is 3. The van der Waals surface area contributed by atoms with Crippen LogP contribution in [0, 0.1) is 0 Å².